The van der Waals surface area contributed by atoms with Crippen molar-refractivity contribution < 1.29 is 9.21 Å². The lowest BCUT2D eigenvalue weighted by Gasteiger charge is -2.25. The largest absolute Gasteiger partial charge is 0.459 e. The Labute approximate surface area is 112 Å². The Hall–Kier alpha value is -2.29. The van der Waals surface area contributed by atoms with E-state index in [-0.39, 0.29) is 5.91 Å². The van der Waals surface area contributed by atoms with Gasteiger partial charge in [-0.15, -0.1) is 0 Å². The second-order valence-corrected chi connectivity index (χ2v) is 4.57. The summed E-state index contributed by atoms with van der Waals surface area (Å²) in [6.07, 6.45) is 4.54. The van der Waals surface area contributed by atoms with E-state index in [0.717, 1.165) is 13.0 Å². The molecular weight excluding hydrogens is 238 g/mol. The first-order chi connectivity index (χ1) is 9.34. The van der Waals surface area contributed by atoms with Gasteiger partial charge >= 0.3 is 0 Å². The van der Waals surface area contributed by atoms with Crippen LogP contribution in [0, 0.1) is 0 Å². The van der Waals surface area contributed by atoms with Gasteiger partial charge in [0.25, 0.3) is 5.91 Å². The molecule has 0 saturated carbocycles. The molecule has 0 N–H and O–H groups in total. The summed E-state index contributed by atoms with van der Waals surface area (Å²) in [6, 6.07) is 13.7. The van der Waals surface area contributed by atoms with Crippen molar-refractivity contribution >= 4 is 11.5 Å². The van der Waals surface area contributed by atoms with Crippen LogP contribution in [0.2, 0.25) is 0 Å². The van der Waals surface area contributed by atoms with Crippen LogP contribution in [-0.2, 0) is 0 Å². The van der Waals surface area contributed by atoms with E-state index in [1.165, 1.54) is 17.4 Å². The molecule has 1 aliphatic rings. The second-order valence-electron chi connectivity index (χ2n) is 4.57. The quantitative estimate of drug-likeness (QED) is 0.823. The summed E-state index contributed by atoms with van der Waals surface area (Å²) in [5.41, 5.74) is 2.55. The Morgan fingerprint density at radius 1 is 1.11 bits per heavy atom. The van der Waals surface area contributed by atoms with Crippen molar-refractivity contribution in [2.75, 3.05) is 13.1 Å². The number of amides is 1. The third-order valence-corrected chi connectivity index (χ3v) is 3.37. The first-order valence-electron chi connectivity index (χ1n) is 6.42. The zero-order valence-corrected chi connectivity index (χ0v) is 10.6. The van der Waals surface area contributed by atoms with Crippen molar-refractivity contribution in [1.29, 1.82) is 0 Å². The molecule has 3 rings (SSSR count). The molecule has 0 bridgehead atoms. The van der Waals surface area contributed by atoms with Gasteiger partial charge in [-0.1, -0.05) is 36.4 Å². The summed E-state index contributed by atoms with van der Waals surface area (Å²) >= 11 is 0. The molecule has 0 atom stereocenters. The third-order valence-electron chi connectivity index (χ3n) is 3.37. The SMILES string of the molecule is O=C(c1ccco1)N1CC=C(c2ccccc2)CC1. The van der Waals surface area contributed by atoms with Crippen molar-refractivity contribution in [1.82, 2.24) is 4.90 Å². The van der Waals surface area contributed by atoms with Gasteiger partial charge in [0.2, 0.25) is 0 Å². The predicted octanol–water partition coefficient (Wildman–Crippen LogP) is 3.21. The fraction of sp³-hybridized carbons (Fsp3) is 0.188. The maximum atomic E-state index is 12.1. The number of carbonyl (C=O) groups is 1. The van der Waals surface area contributed by atoms with Crippen LogP contribution in [0.15, 0.2) is 59.2 Å². The van der Waals surface area contributed by atoms with Crippen LogP contribution in [0.3, 0.4) is 0 Å². The normalized spacial score (nSPS) is 15.2. The molecule has 1 aromatic heterocycles. The number of hydrogen-bond acceptors (Lipinski definition) is 2. The van der Waals surface area contributed by atoms with Crippen LogP contribution < -0.4 is 0 Å². The molecule has 2 heterocycles. The summed E-state index contributed by atoms with van der Waals surface area (Å²) in [5, 5.41) is 0. The highest BCUT2D eigenvalue weighted by Crippen LogP contribution is 2.22. The van der Waals surface area contributed by atoms with Crippen LogP contribution in [0.5, 0.6) is 0 Å². The first kappa shape index (κ1) is 11.8. The van der Waals surface area contributed by atoms with Gasteiger partial charge in [0, 0.05) is 13.1 Å². The minimum absolute atomic E-state index is 0.0339. The van der Waals surface area contributed by atoms with Crippen molar-refractivity contribution in [3.63, 3.8) is 0 Å². The molecule has 1 aromatic carbocycles. The third kappa shape index (κ3) is 2.45. The summed E-state index contributed by atoms with van der Waals surface area (Å²) in [4.78, 5) is 13.9. The lowest BCUT2D eigenvalue weighted by Crippen LogP contribution is -2.34. The fourth-order valence-corrected chi connectivity index (χ4v) is 2.32. The summed E-state index contributed by atoms with van der Waals surface area (Å²) in [6.45, 7) is 1.38. The molecule has 0 unspecified atom stereocenters. The van der Waals surface area contributed by atoms with Gasteiger partial charge in [0.05, 0.1) is 6.26 Å². The van der Waals surface area contributed by atoms with Crippen LogP contribution in [-0.4, -0.2) is 23.9 Å². The molecule has 0 spiro atoms. The van der Waals surface area contributed by atoms with Gasteiger partial charge in [-0.3, -0.25) is 4.79 Å². The lowest BCUT2D eigenvalue weighted by atomic mass is 9.99. The highest BCUT2D eigenvalue weighted by atomic mass is 16.3. The van der Waals surface area contributed by atoms with E-state index in [0.29, 0.717) is 12.3 Å². The number of benzene rings is 1. The number of rotatable bonds is 2. The Kier molecular flexibility index (Phi) is 3.19. The van der Waals surface area contributed by atoms with Gasteiger partial charge in [0.1, 0.15) is 0 Å². The minimum atomic E-state index is -0.0339. The predicted molar refractivity (Wildman–Crippen MR) is 73.6 cm³/mol. The van der Waals surface area contributed by atoms with E-state index in [4.69, 9.17) is 4.42 Å². The van der Waals surface area contributed by atoms with Gasteiger partial charge in [-0.25, -0.2) is 0 Å². The molecule has 3 nitrogen and oxygen atoms in total. The maximum Gasteiger partial charge on any atom is 0.289 e. The molecule has 0 aliphatic carbocycles. The van der Waals surface area contributed by atoms with E-state index in [1.807, 2.05) is 23.1 Å². The Balaban J connectivity index is 1.72. The van der Waals surface area contributed by atoms with Crippen LogP contribution in [0.1, 0.15) is 22.5 Å². The van der Waals surface area contributed by atoms with Crippen LogP contribution in [0.4, 0.5) is 0 Å². The van der Waals surface area contributed by atoms with Gasteiger partial charge in [0.15, 0.2) is 5.76 Å². The number of furan rings is 1. The van der Waals surface area contributed by atoms with Crippen LogP contribution >= 0.6 is 0 Å². The standard InChI is InChI=1S/C16H15NO2/c18-16(15-7-4-12-19-15)17-10-8-14(9-11-17)13-5-2-1-3-6-13/h1-8,12H,9-11H2. The zero-order chi connectivity index (χ0) is 13.1. The molecule has 1 aliphatic heterocycles. The Bertz CT molecular complexity index is 584. The average Bonchev–Trinajstić information content (AvgIpc) is 3.02. The minimum Gasteiger partial charge on any atom is -0.459 e. The Morgan fingerprint density at radius 2 is 1.95 bits per heavy atom. The smallest absolute Gasteiger partial charge is 0.289 e. The molecule has 0 saturated heterocycles. The summed E-state index contributed by atoms with van der Waals surface area (Å²) in [5.74, 6) is 0.380. The lowest BCUT2D eigenvalue weighted by molar-refractivity contribution is 0.0741. The van der Waals surface area contributed by atoms with Crippen molar-refractivity contribution in [2.24, 2.45) is 0 Å². The average molecular weight is 253 g/mol. The highest BCUT2D eigenvalue weighted by molar-refractivity contribution is 5.92. The molecular formula is C16H15NO2. The second kappa shape index (κ2) is 5.14. The van der Waals surface area contributed by atoms with Crippen molar-refractivity contribution in [2.45, 2.75) is 6.42 Å². The van der Waals surface area contributed by atoms with E-state index in [2.05, 4.69) is 18.2 Å². The number of nitrogens with zero attached hydrogens (tertiary/aromatic N) is 1. The molecule has 1 amide bonds. The van der Waals surface area contributed by atoms with E-state index < -0.39 is 0 Å². The molecule has 19 heavy (non-hydrogen) atoms. The summed E-state index contributed by atoms with van der Waals surface area (Å²) in [7, 11) is 0. The molecule has 0 fully saturated rings. The van der Waals surface area contributed by atoms with Crippen molar-refractivity contribution in [3.8, 4) is 0 Å². The van der Waals surface area contributed by atoms with E-state index in [9.17, 15) is 4.79 Å². The molecule has 96 valence electrons. The summed E-state index contributed by atoms with van der Waals surface area (Å²) < 4.78 is 5.15. The van der Waals surface area contributed by atoms with E-state index in [1.54, 1.807) is 12.1 Å². The number of carbonyl (C=O) groups excluding carboxylic acids is 1. The first-order valence-corrected chi connectivity index (χ1v) is 6.42. The topological polar surface area (TPSA) is 33.5 Å². The van der Waals surface area contributed by atoms with Crippen LogP contribution in [0.25, 0.3) is 5.57 Å². The zero-order valence-electron chi connectivity index (χ0n) is 10.6. The van der Waals surface area contributed by atoms with Gasteiger partial charge in [-0.05, 0) is 29.7 Å². The monoisotopic (exact) mass is 253 g/mol. The molecule has 0 radical (unpaired) electrons. The van der Waals surface area contributed by atoms with Crippen molar-refractivity contribution in [3.05, 3.63) is 66.1 Å². The van der Waals surface area contributed by atoms with Gasteiger partial charge < -0.3 is 9.32 Å². The number of hydrogen-bond donors (Lipinski definition) is 0. The molecule has 3 heteroatoms. The van der Waals surface area contributed by atoms with Gasteiger partial charge in [-0.2, -0.15) is 0 Å². The highest BCUT2D eigenvalue weighted by Gasteiger charge is 2.20. The maximum absolute atomic E-state index is 12.1. The van der Waals surface area contributed by atoms with E-state index >= 15 is 0 Å². The molecule has 2 aromatic rings. The Morgan fingerprint density at radius 3 is 2.58 bits per heavy atom. The fourth-order valence-electron chi connectivity index (χ4n) is 2.32.